The number of aliphatic hydroxyl groups is 1. The van der Waals surface area contributed by atoms with Gasteiger partial charge in [-0.2, -0.15) is 0 Å². The van der Waals surface area contributed by atoms with E-state index in [1.54, 1.807) is 53.6 Å². The first kappa shape index (κ1) is 16.4. The predicted octanol–water partition coefficient (Wildman–Crippen LogP) is 2.62. The van der Waals surface area contributed by atoms with Crippen molar-refractivity contribution in [2.24, 2.45) is 4.99 Å². The van der Waals surface area contributed by atoms with Crippen molar-refractivity contribution in [3.63, 3.8) is 0 Å². The van der Waals surface area contributed by atoms with Gasteiger partial charge < -0.3 is 10.0 Å². The molecule has 1 N–H and O–H groups in total. The second kappa shape index (κ2) is 6.70. The molecule has 4 rings (SSSR count). The standard InChI is InChI=1S/C18H15ClN6O/c1-24-11-21-15(8-18(24)26)14-7-13(19)4-5-17(14)25-10-16(22-23-25)12-3-2-6-20-9-12/h2-11,18,26H,1H3. The second-order valence-electron chi connectivity index (χ2n) is 5.83. The summed E-state index contributed by atoms with van der Waals surface area (Å²) in [4.78, 5) is 10.1. The molecule has 8 heteroatoms. The van der Waals surface area contributed by atoms with Gasteiger partial charge in [-0.15, -0.1) is 5.10 Å². The molecule has 1 aromatic carbocycles. The van der Waals surface area contributed by atoms with Crippen LogP contribution in [0.3, 0.4) is 0 Å². The molecule has 0 fully saturated rings. The summed E-state index contributed by atoms with van der Waals surface area (Å²) >= 11 is 6.18. The van der Waals surface area contributed by atoms with Crippen LogP contribution in [0.4, 0.5) is 0 Å². The number of aliphatic imine (C=N–C) groups is 1. The molecule has 26 heavy (non-hydrogen) atoms. The van der Waals surface area contributed by atoms with E-state index in [4.69, 9.17) is 11.6 Å². The average Bonchev–Trinajstić information content (AvgIpc) is 3.14. The highest BCUT2D eigenvalue weighted by molar-refractivity contribution is 6.30. The van der Waals surface area contributed by atoms with Gasteiger partial charge in [0.1, 0.15) is 11.9 Å². The van der Waals surface area contributed by atoms with Crippen molar-refractivity contribution < 1.29 is 5.11 Å². The zero-order valence-electron chi connectivity index (χ0n) is 13.9. The Kier molecular flexibility index (Phi) is 4.24. The minimum Gasteiger partial charge on any atom is -0.370 e. The van der Waals surface area contributed by atoms with Gasteiger partial charge in [0.2, 0.25) is 0 Å². The average molecular weight is 367 g/mol. The van der Waals surface area contributed by atoms with Gasteiger partial charge in [-0.3, -0.25) is 4.98 Å². The van der Waals surface area contributed by atoms with E-state index >= 15 is 0 Å². The summed E-state index contributed by atoms with van der Waals surface area (Å²) in [5, 5.41) is 19.1. The lowest BCUT2D eigenvalue weighted by molar-refractivity contribution is 0.117. The normalized spacial score (nSPS) is 16.7. The zero-order valence-corrected chi connectivity index (χ0v) is 14.6. The third-order valence-electron chi connectivity index (χ3n) is 4.04. The fourth-order valence-corrected chi connectivity index (χ4v) is 2.80. The zero-order chi connectivity index (χ0) is 18.1. The van der Waals surface area contributed by atoms with Crippen LogP contribution in [0, 0.1) is 0 Å². The number of hydrogen-bond donors (Lipinski definition) is 1. The first-order valence-electron chi connectivity index (χ1n) is 7.91. The summed E-state index contributed by atoms with van der Waals surface area (Å²) in [6.45, 7) is 0. The van der Waals surface area contributed by atoms with Gasteiger partial charge in [0.05, 0.1) is 23.9 Å². The summed E-state index contributed by atoms with van der Waals surface area (Å²) < 4.78 is 1.66. The van der Waals surface area contributed by atoms with Crippen molar-refractivity contribution in [2.75, 3.05) is 7.05 Å². The first-order valence-corrected chi connectivity index (χ1v) is 8.29. The Hall–Kier alpha value is -3.03. The third-order valence-corrected chi connectivity index (χ3v) is 4.27. The van der Waals surface area contributed by atoms with Crippen molar-refractivity contribution >= 4 is 23.6 Å². The summed E-state index contributed by atoms with van der Waals surface area (Å²) in [6, 6.07) is 9.19. The first-order chi connectivity index (χ1) is 12.6. The lowest BCUT2D eigenvalue weighted by atomic mass is 10.1. The van der Waals surface area contributed by atoms with Crippen LogP contribution in [0.15, 0.2) is 60.0 Å². The van der Waals surface area contributed by atoms with E-state index in [2.05, 4.69) is 20.3 Å². The van der Waals surface area contributed by atoms with E-state index in [1.165, 1.54) is 0 Å². The Bertz CT molecular complexity index is 998. The molecular weight excluding hydrogens is 352 g/mol. The minimum atomic E-state index is -0.754. The van der Waals surface area contributed by atoms with Crippen LogP contribution in [0.1, 0.15) is 5.56 Å². The molecule has 0 aliphatic carbocycles. The SMILES string of the molecule is CN1C=NC(c2cc(Cl)ccc2-n2cc(-c3cccnc3)nn2)=CC1O. The number of likely N-dealkylation sites (N-methyl/N-ethyl adjacent to an activating group) is 1. The number of benzene rings is 1. The van der Waals surface area contributed by atoms with Crippen LogP contribution in [0.5, 0.6) is 0 Å². The minimum absolute atomic E-state index is 0.570. The number of aromatic nitrogens is 4. The molecule has 1 unspecified atom stereocenters. The predicted molar refractivity (Wildman–Crippen MR) is 99.8 cm³/mol. The molecule has 3 aromatic rings. The molecule has 130 valence electrons. The summed E-state index contributed by atoms with van der Waals surface area (Å²) in [5.74, 6) is 0. The molecule has 1 aliphatic heterocycles. The maximum Gasteiger partial charge on any atom is 0.149 e. The number of halogens is 1. The van der Waals surface area contributed by atoms with E-state index in [1.807, 2.05) is 24.4 Å². The maximum atomic E-state index is 10.1. The molecule has 1 atom stereocenters. The lowest BCUT2D eigenvalue weighted by Crippen LogP contribution is -2.30. The number of nitrogens with zero attached hydrogens (tertiary/aromatic N) is 6. The van der Waals surface area contributed by atoms with Crippen molar-refractivity contribution in [3.05, 3.63) is 65.6 Å². The molecule has 0 saturated carbocycles. The quantitative estimate of drug-likeness (QED) is 0.770. The Morgan fingerprint density at radius 2 is 2.12 bits per heavy atom. The second-order valence-corrected chi connectivity index (χ2v) is 6.26. The fraction of sp³-hybridized carbons (Fsp3) is 0.111. The topological polar surface area (TPSA) is 79.4 Å². The summed E-state index contributed by atoms with van der Waals surface area (Å²) in [7, 11) is 1.75. The van der Waals surface area contributed by atoms with Crippen LogP contribution >= 0.6 is 11.6 Å². The monoisotopic (exact) mass is 366 g/mol. The molecule has 0 spiro atoms. The van der Waals surface area contributed by atoms with Crippen molar-refractivity contribution in [1.82, 2.24) is 24.9 Å². The largest absolute Gasteiger partial charge is 0.370 e. The van der Waals surface area contributed by atoms with Gasteiger partial charge in [-0.1, -0.05) is 16.8 Å². The molecule has 0 radical (unpaired) electrons. The number of pyridine rings is 1. The van der Waals surface area contributed by atoms with Gasteiger partial charge in [0.25, 0.3) is 0 Å². The van der Waals surface area contributed by atoms with Gasteiger partial charge in [0, 0.05) is 35.6 Å². The van der Waals surface area contributed by atoms with E-state index in [0.29, 0.717) is 16.4 Å². The summed E-state index contributed by atoms with van der Waals surface area (Å²) in [5.41, 5.74) is 3.72. The van der Waals surface area contributed by atoms with E-state index < -0.39 is 6.23 Å². The molecule has 3 heterocycles. The fourth-order valence-electron chi connectivity index (χ4n) is 2.62. The lowest BCUT2D eigenvalue weighted by Gasteiger charge is -2.23. The van der Waals surface area contributed by atoms with Gasteiger partial charge in [-0.05, 0) is 36.4 Å². The Morgan fingerprint density at radius 3 is 2.88 bits per heavy atom. The number of hydrogen-bond acceptors (Lipinski definition) is 6. The highest BCUT2D eigenvalue weighted by Gasteiger charge is 2.17. The van der Waals surface area contributed by atoms with Crippen LogP contribution < -0.4 is 0 Å². The van der Waals surface area contributed by atoms with E-state index in [9.17, 15) is 5.11 Å². The highest BCUT2D eigenvalue weighted by Crippen LogP contribution is 2.29. The third kappa shape index (κ3) is 3.10. The Balaban J connectivity index is 1.78. The van der Waals surface area contributed by atoms with Gasteiger partial charge >= 0.3 is 0 Å². The van der Waals surface area contributed by atoms with Gasteiger partial charge in [-0.25, -0.2) is 9.67 Å². The molecule has 0 amide bonds. The van der Waals surface area contributed by atoms with E-state index in [0.717, 1.165) is 16.8 Å². The van der Waals surface area contributed by atoms with Crippen LogP contribution in [-0.2, 0) is 0 Å². The van der Waals surface area contributed by atoms with E-state index in [-0.39, 0.29) is 0 Å². The van der Waals surface area contributed by atoms with Crippen molar-refractivity contribution in [2.45, 2.75) is 6.23 Å². The number of aliphatic hydroxyl groups excluding tert-OH is 1. The molecule has 7 nitrogen and oxygen atoms in total. The van der Waals surface area contributed by atoms with Crippen LogP contribution in [-0.4, -0.2) is 49.6 Å². The molecule has 2 aromatic heterocycles. The van der Waals surface area contributed by atoms with Crippen LogP contribution in [0.2, 0.25) is 5.02 Å². The molecular formula is C18H15ClN6O. The number of rotatable bonds is 3. The van der Waals surface area contributed by atoms with Crippen LogP contribution in [0.25, 0.3) is 22.6 Å². The molecule has 1 aliphatic rings. The molecule has 0 saturated heterocycles. The molecule has 0 bridgehead atoms. The highest BCUT2D eigenvalue weighted by atomic mass is 35.5. The Morgan fingerprint density at radius 1 is 1.23 bits per heavy atom. The summed E-state index contributed by atoms with van der Waals surface area (Å²) in [6.07, 6.45) is 7.75. The maximum absolute atomic E-state index is 10.1. The smallest absolute Gasteiger partial charge is 0.149 e. The van der Waals surface area contributed by atoms with Crippen molar-refractivity contribution in [1.29, 1.82) is 0 Å². The van der Waals surface area contributed by atoms with Gasteiger partial charge in [0.15, 0.2) is 0 Å². The Labute approximate surface area is 154 Å². The van der Waals surface area contributed by atoms with Crippen molar-refractivity contribution in [3.8, 4) is 16.9 Å².